The molecule has 0 aromatic heterocycles. The Hall–Kier alpha value is -1.80. The Balaban J connectivity index is 2.20. The van der Waals surface area contributed by atoms with E-state index in [1.165, 1.54) is 12.1 Å². The van der Waals surface area contributed by atoms with Crippen molar-refractivity contribution in [2.24, 2.45) is 0 Å². The largest absolute Gasteiger partial charge is 0.482 e. The number of fused-ring (bicyclic) bond motifs is 1. The van der Waals surface area contributed by atoms with Gasteiger partial charge >= 0.3 is 0 Å². The van der Waals surface area contributed by atoms with Gasteiger partial charge in [-0.2, -0.15) is 0 Å². The van der Waals surface area contributed by atoms with Crippen LogP contribution < -0.4 is 10.1 Å². The van der Waals surface area contributed by atoms with Crippen molar-refractivity contribution in [3.05, 3.63) is 17.2 Å². The molecule has 0 saturated carbocycles. The molecule has 1 N–H and O–H groups in total. The van der Waals surface area contributed by atoms with Gasteiger partial charge in [-0.1, -0.05) is 11.6 Å². The van der Waals surface area contributed by atoms with Crippen molar-refractivity contribution < 1.29 is 22.7 Å². The zero-order valence-corrected chi connectivity index (χ0v) is 15.0. The second-order valence-corrected chi connectivity index (χ2v) is 7.74. The summed E-state index contributed by atoms with van der Waals surface area (Å²) in [6.45, 7) is 4.55. The van der Waals surface area contributed by atoms with Crippen molar-refractivity contribution in [3.8, 4) is 5.75 Å². The zero-order valence-electron chi connectivity index (χ0n) is 13.5. The molecule has 2 rings (SSSR count). The average molecular weight is 375 g/mol. The van der Waals surface area contributed by atoms with E-state index in [-0.39, 0.29) is 46.3 Å². The molecule has 0 bridgehead atoms. The molecule has 0 atom stereocenters. The molecular weight excluding hydrogens is 356 g/mol. The lowest BCUT2D eigenvalue weighted by atomic mass is 10.2. The third-order valence-corrected chi connectivity index (χ3v) is 5.88. The Kier molecular flexibility index (Phi) is 5.71. The lowest BCUT2D eigenvalue weighted by molar-refractivity contribution is -0.130. The maximum Gasteiger partial charge on any atom is 0.262 e. The topological polar surface area (TPSA) is 92.8 Å². The van der Waals surface area contributed by atoms with Crippen molar-refractivity contribution in [3.63, 3.8) is 0 Å². The molecule has 0 radical (unpaired) electrons. The van der Waals surface area contributed by atoms with Crippen LogP contribution in [0.3, 0.4) is 0 Å². The minimum Gasteiger partial charge on any atom is -0.482 e. The molecule has 132 valence electrons. The summed E-state index contributed by atoms with van der Waals surface area (Å²) in [5.41, 5.74) is 0.328. The van der Waals surface area contributed by atoms with Crippen LogP contribution in [0.15, 0.2) is 17.0 Å². The number of rotatable bonds is 6. The van der Waals surface area contributed by atoms with Crippen LogP contribution in [0.1, 0.15) is 20.3 Å². The van der Waals surface area contributed by atoms with E-state index in [0.29, 0.717) is 18.8 Å². The SMILES string of the molecule is CCN(CC)C(=O)CCS(=O)(=O)c1cc2c(cc1Cl)NC(=O)CO2. The Morgan fingerprint density at radius 3 is 2.62 bits per heavy atom. The van der Waals surface area contributed by atoms with E-state index in [9.17, 15) is 18.0 Å². The predicted octanol–water partition coefficient (Wildman–Crippen LogP) is 1.70. The number of sulfone groups is 1. The fourth-order valence-corrected chi connectivity index (χ4v) is 4.21. The maximum atomic E-state index is 12.5. The molecule has 0 spiro atoms. The molecule has 9 heteroatoms. The van der Waals surface area contributed by atoms with E-state index in [4.69, 9.17) is 16.3 Å². The molecule has 0 aliphatic carbocycles. The van der Waals surface area contributed by atoms with Crippen LogP contribution in [0, 0.1) is 0 Å². The summed E-state index contributed by atoms with van der Waals surface area (Å²) in [5, 5.41) is 2.54. The van der Waals surface area contributed by atoms with Crippen molar-refractivity contribution in [1.82, 2.24) is 4.90 Å². The molecule has 1 aliphatic heterocycles. The van der Waals surface area contributed by atoms with Crippen molar-refractivity contribution in [2.45, 2.75) is 25.2 Å². The number of nitrogens with one attached hydrogen (secondary N) is 1. The molecule has 7 nitrogen and oxygen atoms in total. The fraction of sp³-hybridized carbons (Fsp3) is 0.467. The number of anilines is 1. The maximum absolute atomic E-state index is 12.5. The minimum atomic E-state index is -3.76. The van der Waals surface area contributed by atoms with Gasteiger partial charge in [0.1, 0.15) is 5.75 Å². The van der Waals surface area contributed by atoms with Crippen LogP contribution in [-0.2, 0) is 19.4 Å². The standard InChI is InChI=1S/C15H19ClN2O5S/c1-3-18(4-2)15(20)5-6-24(21,22)13-8-12-11(7-10(13)16)17-14(19)9-23-12/h7-8H,3-6,9H2,1-2H3,(H,17,19). The van der Waals surface area contributed by atoms with Gasteiger partial charge in [0.25, 0.3) is 5.91 Å². The van der Waals surface area contributed by atoms with Gasteiger partial charge in [-0.25, -0.2) is 8.42 Å². The molecule has 24 heavy (non-hydrogen) atoms. The predicted molar refractivity (Wildman–Crippen MR) is 90.2 cm³/mol. The Morgan fingerprint density at radius 2 is 2.00 bits per heavy atom. The fourth-order valence-electron chi connectivity index (χ4n) is 2.39. The number of nitrogens with zero attached hydrogens (tertiary/aromatic N) is 1. The monoisotopic (exact) mass is 374 g/mol. The van der Waals surface area contributed by atoms with Crippen LogP contribution in [-0.4, -0.2) is 50.6 Å². The van der Waals surface area contributed by atoms with E-state index >= 15 is 0 Å². The summed E-state index contributed by atoms with van der Waals surface area (Å²) in [5.74, 6) is -0.652. The first-order valence-electron chi connectivity index (χ1n) is 7.55. The van der Waals surface area contributed by atoms with Crippen molar-refractivity contribution in [1.29, 1.82) is 0 Å². The van der Waals surface area contributed by atoms with E-state index < -0.39 is 9.84 Å². The van der Waals surface area contributed by atoms with Gasteiger partial charge in [-0.3, -0.25) is 9.59 Å². The first kappa shape index (κ1) is 18.5. The smallest absolute Gasteiger partial charge is 0.262 e. The molecule has 0 unspecified atom stereocenters. The van der Waals surface area contributed by atoms with E-state index in [1.807, 2.05) is 13.8 Å². The Morgan fingerprint density at radius 1 is 1.33 bits per heavy atom. The van der Waals surface area contributed by atoms with Gasteiger partial charge in [0, 0.05) is 25.6 Å². The van der Waals surface area contributed by atoms with Crippen molar-refractivity contribution >= 4 is 38.9 Å². The quantitative estimate of drug-likeness (QED) is 0.818. The zero-order chi connectivity index (χ0) is 17.9. The van der Waals surface area contributed by atoms with Gasteiger partial charge in [0.2, 0.25) is 5.91 Å². The number of benzene rings is 1. The number of carbonyl (C=O) groups excluding carboxylic acids is 2. The van der Waals surface area contributed by atoms with Crippen LogP contribution in [0.25, 0.3) is 0 Å². The first-order valence-corrected chi connectivity index (χ1v) is 9.58. The number of halogens is 1. The van der Waals surface area contributed by atoms with E-state index in [2.05, 4.69) is 5.32 Å². The highest BCUT2D eigenvalue weighted by Gasteiger charge is 2.25. The highest BCUT2D eigenvalue weighted by molar-refractivity contribution is 7.91. The molecule has 1 aliphatic rings. The second-order valence-electron chi connectivity index (χ2n) is 5.25. The molecular formula is C15H19ClN2O5S. The normalized spacial score (nSPS) is 13.7. The van der Waals surface area contributed by atoms with Crippen molar-refractivity contribution in [2.75, 3.05) is 30.8 Å². The Labute approximate surface area is 145 Å². The van der Waals surface area contributed by atoms with Crippen LogP contribution >= 0.6 is 11.6 Å². The third-order valence-electron chi connectivity index (χ3n) is 3.70. The lowest BCUT2D eigenvalue weighted by Gasteiger charge is -2.20. The second kappa shape index (κ2) is 7.40. The summed E-state index contributed by atoms with van der Waals surface area (Å²) < 4.78 is 30.2. The average Bonchev–Trinajstić information content (AvgIpc) is 2.53. The van der Waals surface area contributed by atoms with Gasteiger partial charge in [0.15, 0.2) is 16.4 Å². The molecule has 1 aromatic rings. The van der Waals surface area contributed by atoms with Crippen LogP contribution in [0.2, 0.25) is 5.02 Å². The molecule has 1 aromatic carbocycles. The van der Waals surface area contributed by atoms with Crippen LogP contribution in [0.4, 0.5) is 5.69 Å². The minimum absolute atomic E-state index is 0.0187. The molecule has 1 heterocycles. The Bertz CT molecular complexity index is 759. The summed E-state index contributed by atoms with van der Waals surface area (Å²) in [6, 6.07) is 2.63. The highest BCUT2D eigenvalue weighted by atomic mass is 35.5. The highest BCUT2D eigenvalue weighted by Crippen LogP contribution is 2.36. The summed E-state index contributed by atoms with van der Waals surface area (Å²) in [6.07, 6.45) is -0.116. The van der Waals surface area contributed by atoms with Crippen LogP contribution in [0.5, 0.6) is 5.75 Å². The lowest BCUT2D eigenvalue weighted by Crippen LogP contribution is -2.31. The number of amides is 2. The number of hydrogen-bond donors (Lipinski definition) is 1. The summed E-state index contributed by atoms with van der Waals surface area (Å²) >= 11 is 6.04. The molecule has 0 fully saturated rings. The number of hydrogen-bond acceptors (Lipinski definition) is 5. The van der Waals surface area contributed by atoms with Gasteiger partial charge < -0.3 is 15.0 Å². The van der Waals surface area contributed by atoms with E-state index in [1.54, 1.807) is 4.90 Å². The summed E-state index contributed by atoms with van der Waals surface area (Å²) in [4.78, 5) is 24.7. The summed E-state index contributed by atoms with van der Waals surface area (Å²) in [7, 11) is -3.76. The van der Waals surface area contributed by atoms with E-state index in [0.717, 1.165) is 0 Å². The van der Waals surface area contributed by atoms with Gasteiger partial charge in [-0.05, 0) is 19.9 Å². The number of carbonyl (C=O) groups is 2. The van der Waals surface area contributed by atoms with Gasteiger partial charge in [0.05, 0.1) is 21.4 Å². The van der Waals surface area contributed by atoms with Gasteiger partial charge in [-0.15, -0.1) is 0 Å². The number of ether oxygens (including phenoxy) is 1. The third kappa shape index (κ3) is 3.99. The molecule has 2 amide bonds. The molecule has 0 saturated heterocycles. The first-order chi connectivity index (χ1) is 11.3.